The van der Waals surface area contributed by atoms with Crippen molar-refractivity contribution in [2.75, 3.05) is 4.90 Å². The fourth-order valence-corrected chi connectivity index (χ4v) is 4.40. The molecule has 0 atom stereocenters. The summed E-state index contributed by atoms with van der Waals surface area (Å²) in [5.74, 6) is -1.10. The van der Waals surface area contributed by atoms with Gasteiger partial charge in [0.15, 0.2) is 5.13 Å². The quantitative estimate of drug-likeness (QED) is 0.269. The predicted molar refractivity (Wildman–Crippen MR) is 116 cm³/mol. The lowest BCUT2D eigenvalue weighted by atomic mass is 10.0. The number of fused-ring (bicyclic) bond motifs is 1. The first-order valence-corrected chi connectivity index (χ1v) is 10.7. The number of alkyl halides is 6. The molecule has 0 aliphatic rings. The zero-order chi connectivity index (χ0) is 24.7. The summed E-state index contributed by atoms with van der Waals surface area (Å²) in [7, 11) is 0. The van der Waals surface area contributed by atoms with E-state index in [1.807, 2.05) is 0 Å². The fraction of sp³-hybridized carbons (Fsp3) is 0.136. The average Bonchev–Trinajstić information content (AvgIpc) is 3.22. The van der Waals surface area contributed by atoms with Crippen molar-refractivity contribution in [1.29, 1.82) is 0 Å². The topological polar surface area (TPSA) is 46.1 Å². The minimum absolute atomic E-state index is 0.0304. The van der Waals surface area contributed by atoms with Gasteiger partial charge in [0.05, 0.1) is 33.1 Å². The molecule has 0 spiro atoms. The van der Waals surface area contributed by atoms with Gasteiger partial charge in [-0.15, -0.1) is 0 Å². The number of amides is 1. The van der Waals surface area contributed by atoms with Gasteiger partial charge in [-0.25, -0.2) is 4.98 Å². The number of pyridine rings is 1. The van der Waals surface area contributed by atoms with E-state index >= 15 is 0 Å². The molecule has 0 saturated heterocycles. The summed E-state index contributed by atoms with van der Waals surface area (Å²) < 4.78 is 80.5. The number of anilines is 1. The molecular formula is C22H12ClF6N3OS. The molecular weight excluding hydrogens is 504 g/mol. The number of nitrogens with zero attached hydrogens (tertiary/aromatic N) is 3. The van der Waals surface area contributed by atoms with Crippen LogP contribution >= 0.6 is 22.9 Å². The maximum absolute atomic E-state index is 13.4. The summed E-state index contributed by atoms with van der Waals surface area (Å²) in [5, 5.41) is 0.327. The standard InChI is InChI=1S/C22H12ClF6N3OS/c23-16-5-3-6-17-18(16)31-20(34-17)32(11-15-4-1-2-7-30-15)19(33)12-8-13(21(24,25)26)10-14(9-12)22(27,28)29/h1-10H,11H2. The predicted octanol–water partition coefficient (Wildman–Crippen LogP) is 7.23. The summed E-state index contributed by atoms with van der Waals surface area (Å²) in [6.07, 6.45) is -8.74. The van der Waals surface area contributed by atoms with Gasteiger partial charge in [-0.1, -0.05) is 35.1 Å². The van der Waals surface area contributed by atoms with Gasteiger partial charge in [-0.05, 0) is 42.5 Å². The van der Waals surface area contributed by atoms with Gasteiger partial charge in [-0.3, -0.25) is 14.7 Å². The number of para-hydroxylation sites is 1. The average molecular weight is 516 g/mol. The Hall–Kier alpha value is -3.18. The molecule has 4 nitrogen and oxygen atoms in total. The van der Waals surface area contributed by atoms with Crippen LogP contribution in [0, 0.1) is 0 Å². The summed E-state index contributed by atoms with van der Waals surface area (Å²) in [5.41, 5.74) is -3.26. The lowest BCUT2D eigenvalue weighted by Gasteiger charge is -2.21. The zero-order valence-corrected chi connectivity index (χ0v) is 18.4. The van der Waals surface area contributed by atoms with Gasteiger partial charge in [0, 0.05) is 11.8 Å². The molecule has 4 rings (SSSR count). The highest BCUT2D eigenvalue weighted by molar-refractivity contribution is 7.22. The molecule has 4 aromatic rings. The molecule has 0 fully saturated rings. The number of halogens is 7. The summed E-state index contributed by atoms with van der Waals surface area (Å²) >= 11 is 7.17. The molecule has 2 aromatic carbocycles. The molecule has 176 valence electrons. The number of carbonyl (C=O) groups is 1. The lowest BCUT2D eigenvalue weighted by molar-refractivity contribution is -0.143. The van der Waals surface area contributed by atoms with Crippen molar-refractivity contribution in [2.24, 2.45) is 0 Å². The second kappa shape index (κ2) is 8.88. The Kier molecular flexibility index (Phi) is 6.26. The molecule has 0 unspecified atom stereocenters. The van der Waals surface area contributed by atoms with Crippen molar-refractivity contribution in [3.63, 3.8) is 0 Å². The molecule has 0 aliphatic carbocycles. The van der Waals surface area contributed by atoms with Crippen molar-refractivity contribution < 1.29 is 31.1 Å². The van der Waals surface area contributed by atoms with Crippen LogP contribution in [0.15, 0.2) is 60.8 Å². The second-order valence-corrected chi connectivity index (χ2v) is 8.51. The Balaban J connectivity index is 1.86. The number of rotatable bonds is 4. The normalized spacial score (nSPS) is 12.2. The largest absolute Gasteiger partial charge is 0.416 e. The molecule has 12 heteroatoms. The van der Waals surface area contributed by atoms with E-state index in [1.165, 1.54) is 6.20 Å². The number of hydrogen-bond acceptors (Lipinski definition) is 4. The smallest absolute Gasteiger partial charge is 0.278 e. The van der Waals surface area contributed by atoms with Crippen LogP contribution in [0.25, 0.3) is 10.2 Å². The third-order valence-electron chi connectivity index (χ3n) is 4.72. The molecule has 1 amide bonds. The van der Waals surface area contributed by atoms with Crippen LogP contribution in [0.4, 0.5) is 31.5 Å². The Morgan fingerprint density at radius 3 is 2.18 bits per heavy atom. The molecule has 0 radical (unpaired) electrons. The Morgan fingerprint density at radius 1 is 0.941 bits per heavy atom. The fourth-order valence-electron chi connectivity index (χ4n) is 3.13. The highest BCUT2D eigenvalue weighted by Crippen LogP contribution is 2.38. The zero-order valence-electron chi connectivity index (χ0n) is 16.8. The van der Waals surface area contributed by atoms with Crippen LogP contribution in [-0.4, -0.2) is 15.9 Å². The van der Waals surface area contributed by atoms with Crippen LogP contribution in [-0.2, 0) is 18.9 Å². The number of hydrogen-bond donors (Lipinski definition) is 0. The van der Waals surface area contributed by atoms with E-state index in [4.69, 9.17) is 11.6 Å². The van der Waals surface area contributed by atoms with Crippen LogP contribution in [0.1, 0.15) is 27.2 Å². The van der Waals surface area contributed by atoms with Crippen molar-refractivity contribution >= 4 is 44.2 Å². The van der Waals surface area contributed by atoms with Crippen LogP contribution < -0.4 is 4.90 Å². The summed E-state index contributed by atoms with van der Waals surface area (Å²) in [4.78, 5) is 22.8. The summed E-state index contributed by atoms with van der Waals surface area (Å²) in [6, 6.07) is 10.5. The monoisotopic (exact) mass is 515 g/mol. The van der Waals surface area contributed by atoms with Gasteiger partial charge >= 0.3 is 12.4 Å². The van der Waals surface area contributed by atoms with E-state index in [2.05, 4.69) is 9.97 Å². The van der Waals surface area contributed by atoms with Gasteiger partial charge in [0.25, 0.3) is 5.91 Å². The van der Waals surface area contributed by atoms with E-state index in [1.54, 1.807) is 36.4 Å². The van der Waals surface area contributed by atoms with Crippen molar-refractivity contribution in [3.05, 3.63) is 88.2 Å². The lowest BCUT2D eigenvalue weighted by Crippen LogP contribution is -2.31. The second-order valence-electron chi connectivity index (χ2n) is 7.09. The highest BCUT2D eigenvalue weighted by Gasteiger charge is 2.38. The van der Waals surface area contributed by atoms with E-state index in [9.17, 15) is 31.1 Å². The van der Waals surface area contributed by atoms with Crippen LogP contribution in [0.2, 0.25) is 5.02 Å². The number of benzene rings is 2. The van der Waals surface area contributed by atoms with Crippen LogP contribution in [0.3, 0.4) is 0 Å². The first kappa shape index (κ1) is 24.0. The van der Waals surface area contributed by atoms with Crippen molar-refractivity contribution in [1.82, 2.24) is 9.97 Å². The minimum Gasteiger partial charge on any atom is -0.278 e. The van der Waals surface area contributed by atoms with Crippen molar-refractivity contribution in [2.45, 2.75) is 18.9 Å². The number of carbonyl (C=O) groups excluding carboxylic acids is 1. The van der Waals surface area contributed by atoms with E-state index in [0.29, 0.717) is 28.0 Å². The van der Waals surface area contributed by atoms with E-state index in [-0.39, 0.29) is 22.8 Å². The Labute approximate surface area is 197 Å². The third-order valence-corrected chi connectivity index (χ3v) is 6.06. The molecule has 0 bridgehead atoms. The highest BCUT2D eigenvalue weighted by atomic mass is 35.5. The van der Waals surface area contributed by atoms with Gasteiger partial charge in [0.1, 0.15) is 5.52 Å². The van der Waals surface area contributed by atoms with E-state index < -0.39 is 35.0 Å². The summed E-state index contributed by atoms with van der Waals surface area (Å²) in [6.45, 7) is -0.241. The Bertz CT molecular complexity index is 1320. The first-order chi connectivity index (χ1) is 15.9. The molecule has 0 saturated carbocycles. The SMILES string of the molecule is O=C(c1cc(C(F)(F)F)cc(C(F)(F)F)c1)N(Cc1ccccn1)c1nc2c(Cl)cccc2s1. The third kappa shape index (κ3) is 5.00. The molecule has 34 heavy (non-hydrogen) atoms. The van der Waals surface area contributed by atoms with Gasteiger partial charge in [0.2, 0.25) is 0 Å². The number of thiazole rings is 1. The Morgan fingerprint density at radius 2 is 1.62 bits per heavy atom. The van der Waals surface area contributed by atoms with Gasteiger partial charge in [-0.2, -0.15) is 26.3 Å². The first-order valence-electron chi connectivity index (χ1n) is 9.50. The molecule has 0 N–H and O–H groups in total. The minimum atomic E-state index is -5.09. The van der Waals surface area contributed by atoms with E-state index in [0.717, 1.165) is 16.2 Å². The molecule has 2 aromatic heterocycles. The molecule has 2 heterocycles. The number of aromatic nitrogens is 2. The maximum Gasteiger partial charge on any atom is 0.416 e. The maximum atomic E-state index is 13.4. The van der Waals surface area contributed by atoms with Crippen molar-refractivity contribution in [3.8, 4) is 0 Å². The van der Waals surface area contributed by atoms with Crippen LogP contribution in [0.5, 0.6) is 0 Å². The molecule has 0 aliphatic heterocycles. The van der Waals surface area contributed by atoms with Gasteiger partial charge < -0.3 is 0 Å².